The van der Waals surface area contributed by atoms with E-state index in [9.17, 15) is 0 Å². The monoisotopic (exact) mass is 235 g/mol. The molecular formula is C16H29N. The zero-order chi connectivity index (χ0) is 12.9. The molecule has 0 unspecified atom stereocenters. The van der Waals surface area contributed by atoms with Crippen molar-refractivity contribution in [3.63, 3.8) is 0 Å². The molecule has 0 N–H and O–H groups in total. The van der Waals surface area contributed by atoms with Crippen LogP contribution in [0.3, 0.4) is 0 Å². The minimum absolute atomic E-state index is 0.360. The van der Waals surface area contributed by atoms with E-state index in [0.717, 1.165) is 0 Å². The van der Waals surface area contributed by atoms with Crippen LogP contribution >= 0.6 is 0 Å². The second kappa shape index (κ2) is 3.85. The molecular weight excluding hydrogens is 206 g/mol. The van der Waals surface area contributed by atoms with Crippen molar-refractivity contribution in [1.82, 2.24) is 4.90 Å². The van der Waals surface area contributed by atoms with Gasteiger partial charge < -0.3 is 0 Å². The molecule has 2 aliphatic rings. The molecule has 0 aromatic rings. The number of allylic oxidation sites excluding steroid dienone is 2. The molecule has 0 saturated carbocycles. The summed E-state index contributed by atoms with van der Waals surface area (Å²) >= 11 is 0. The summed E-state index contributed by atoms with van der Waals surface area (Å²) in [6.07, 6.45) is 6.58. The fraction of sp³-hybridized carbons (Fsp3) is 0.875. The first-order valence-electron chi connectivity index (χ1n) is 7.07. The maximum absolute atomic E-state index is 2.63. The Morgan fingerprint density at radius 3 is 2.00 bits per heavy atom. The first kappa shape index (κ1) is 13.1. The van der Waals surface area contributed by atoms with Crippen molar-refractivity contribution in [3.05, 3.63) is 11.6 Å². The van der Waals surface area contributed by atoms with Gasteiger partial charge in [0.2, 0.25) is 0 Å². The van der Waals surface area contributed by atoms with Gasteiger partial charge in [0.25, 0.3) is 0 Å². The van der Waals surface area contributed by atoms with Gasteiger partial charge in [-0.05, 0) is 50.9 Å². The fourth-order valence-electron chi connectivity index (χ4n) is 3.15. The Bertz CT molecular complexity index is 318. The third kappa shape index (κ3) is 2.59. The number of likely N-dealkylation sites (tertiary alicyclic amines) is 1. The van der Waals surface area contributed by atoms with Gasteiger partial charge >= 0.3 is 0 Å². The molecule has 1 aliphatic heterocycles. The molecule has 0 radical (unpaired) electrons. The second-order valence-corrected chi connectivity index (χ2v) is 8.21. The molecule has 1 heteroatoms. The normalized spacial score (nSPS) is 25.6. The molecule has 0 amide bonds. The van der Waals surface area contributed by atoms with Crippen LogP contribution in [0.5, 0.6) is 0 Å². The number of hydrogen-bond acceptors (Lipinski definition) is 1. The van der Waals surface area contributed by atoms with Crippen LogP contribution in [0.2, 0.25) is 0 Å². The van der Waals surface area contributed by atoms with Crippen LogP contribution in [0.25, 0.3) is 0 Å². The second-order valence-electron chi connectivity index (χ2n) is 8.21. The highest BCUT2D eigenvalue weighted by molar-refractivity contribution is 5.18. The van der Waals surface area contributed by atoms with Gasteiger partial charge in [-0.25, -0.2) is 0 Å². The van der Waals surface area contributed by atoms with E-state index in [-0.39, 0.29) is 0 Å². The van der Waals surface area contributed by atoms with Crippen LogP contribution in [0.4, 0.5) is 0 Å². The third-order valence-corrected chi connectivity index (χ3v) is 4.67. The molecule has 1 fully saturated rings. The highest BCUT2D eigenvalue weighted by Crippen LogP contribution is 2.48. The van der Waals surface area contributed by atoms with E-state index in [0.29, 0.717) is 16.4 Å². The van der Waals surface area contributed by atoms with Gasteiger partial charge in [-0.3, -0.25) is 4.90 Å². The van der Waals surface area contributed by atoms with E-state index < -0.39 is 0 Å². The number of rotatable bonds is 0. The van der Waals surface area contributed by atoms with E-state index in [2.05, 4.69) is 52.5 Å². The maximum Gasteiger partial charge on any atom is 0.0125 e. The Morgan fingerprint density at radius 1 is 1.06 bits per heavy atom. The Labute approximate surface area is 107 Å². The fourth-order valence-corrected chi connectivity index (χ4v) is 3.15. The molecule has 0 aromatic carbocycles. The molecule has 1 saturated heterocycles. The van der Waals surface area contributed by atoms with Crippen molar-refractivity contribution in [1.29, 1.82) is 0 Å². The van der Waals surface area contributed by atoms with Gasteiger partial charge in [0.15, 0.2) is 0 Å². The minimum atomic E-state index is 0.360. The topological polar surface area (TPSA) is 3.24 Å². The third-order valence-electron chi connectivity index (χ3n) is 4.67. The molecule has 0 aromatic heterocycles. The molecule has 0 bridgehead atoms. The lowest BCUT2D eigenvalue weighted by Gasteiger charge is -2.57. The van der Waals surface area contributed by atoms with Gasteiger partial charge in [-0.2, -0.15) is 0 Å². The van der Waals surface area contributed by atoms with E-state index in [1.54, 1.807) is 5.57 Å². The van der Waals surface area contributed by atoms with E-state index in [4.69, 9.17) is 0 Å². The summed E-state index contributed by atoms with van der Waals surface area (Å²) in [4.78, 5) is 2.63. The smallest absolute Gasteiger partial charge is 0.0125 e. The SMILES string of the molecule is CC(C)(C)C1=CCC2(CC1)CN(C(C)(C)C)C2. The summed E-state index contributed by atoms with van der Waals surface area (Å²) in [5, 5.41) is 0. The molecule has 1 spiro atoms. The van der Waals surface area contributed by atoms with Crippen molar-refractivity contribution < 1.29 is 0 Å². The molecule has 2 rings (SSSR count). The number of hydrogen-bond donors (Lipinski definition) is 0. The summed E-state index contributed by atoms with van der Waals surface area (Å²) in [7, 11) is 0. The summed E-state index contributed by atoms with van der Waals surface area (Å²) in [5.74, 6) is 0. The average Bonchev–Trinajstić information content (AvgIpc) is 2.11. The molecule has 17 heavy (non-hydrogen) atoms. The molecule has 1 heterocycles. The van der Waals surface area contributed by atoms with Crippen LogP contribution in [-0.4, -0.2) is 23.5 Å². The predicted octanol–water partition coefficient (Wildman–Crippen LogP) is 4.24. The first-order chi connectivity index (χ1) is 7.62. The van der Waals surface area contributed by atoms with Crippen molar-refractivity contribution in [2.75, 3.05) is 13.1 Å². The zero-order valence-electron chi connectivity index (χ0n) is 12.6. The number of nitrogens with zero attached hydrogens (tertiary/aromatic N) is 1. The maximum atomic E-state index is 2.63. The standard InChI is InChI=1S/C16H29N/c1-14(2,3)13-7-9-16(10-8-13)11-17(12-16)15(4,5)6/h7H,8-12H2,1-6H3. The Balaban J connectivity index is 1.96. The first-order valence-corrected chi connectivity index (χ1v) is 7.07. The Hall–Kier alpha value is -0.300. The van der Waals surface area contributed by atoms with Crippen molar-refractivity contribution >= 4 is 0 Å². The van der Waals surface area contributed by atoms with Gasteiger partial charge in [0.05, 0.1) is 0 Å². The lowest BCUT2D eigenvalue weighted by atomic mass is 9.65. The van der Waals surface area contributed by atoms with Crippen molar-refractivity contribution in [2.45, 2.75) is 66.3 Å². The van der Waals surface area contributed by atoms with Crippen LogP contribution in [0.1, 0.15) is 60.8 Å². The predicted molar refractivity (Wildman–Crippen MR) is 75.1 cm³/mol. The molecule has 0 atom stereocenters. The molecule has 1 nitrogen and oxygen atoms in total. The Morgan fingerprint density at radius 2 is 1.65 bits per heavy atom. The zero-order valence-corrected chi connectivity index (χ0v) is 12.6. The van der Waals surface area contributed by atoms with Crippen molar-refractivity contribution in [3.8, 4) is 0 Å². The van der Waals surface area contributed by atoms with Crippen LogP contribution in [-0.2, 0) is 0 Å². The summed E-state index contributed by atoms with van der Waals surface area (Å²) in [6.45, 7) is 16.7. The lowest BCUT2D eigenvalue weighted by molar-refractivity contribution is -0.0651. The largest absolute Gasteiger partial charge is 0.297 e. The van der Waals surface area contributed by atoms with Gasteiger partial charge in [0, 0.05) is 18.6 Å². The summed E-state index contributed by atoms with van der Waals surface area (Å²) < 4.78 is 0. The minimum Gasteiger partial charge on any atom is -0.297 e. The molecule has 98 valence electrons. The highest BCUT2D eigenvalue weighted by atomic mass is 15.3. The van der Waals surface area contributed by atoms with E-state index >= 15 is 0 Å². The van der Waals surface area contributed by atoms with Gasteiger partial charge in [-0.1, -0.05) is 32.4 Å². The quantitative estimate of drug-likeness (QED) is 0.568. The van der Waals surface area contributed by atoms with Gasteiger partial charge in [0.1, 0.15) is 0 Å². The Kier molecular flexibility index (Phi) is 2.97. The van der Waals surface area contributed by atoms with Gasteiger partial charge in [-0.15, -0.1) is 0 Å². The highest BCUT2D eigenvalue weighted by Gasteiger charge is 2.47. The van der Waals surface area contributed by atoms with Crippen LogP contribution < -0.4 is 0 Å². The molecule has 1 aliphatic carbocycles. The van der Waals surface area contributed by atoms with E-state index in [1.165, 1.54) is 32.4 Å². The summed E-state index contributed by atoms with van der Waals surface area (Å²) in [6, 6.07) is 0. The van der Waals surface area contributed by atoms with E-state index in [1.807, 2.05) is 0 Å². The van der Waals surface area contributed by atoms with Crippen LogP contribution in [0, 0.1) is 10.8 Å². The van der Waals surface area contributed by atoms with Crippen LogP contribution in [0.15, 0.2) is 11.6 Å². The van der Waals surface area contributed by atoms with Crippen molar-refractivity contribution in [2.24, 2.45) is 10.8 Å². The average molecular weight is 235 g/mol. The summed E-state index contributed by atoms with van der Waals surface area (Å²) in [5.41, 5.74) is 3.05. The lowest BCUT2D eigenvalue weighted by Crippen LogP contribution is -2.62.